The number of benzene rings is 7. The van der Waals surface area contributed by atoms with Crippen LogP contribution >= 0.6 is 0 Å². The molecule has 0 aliphatic carbocycles. The van der Waals surface area contributed by atoms with Gasteiger partial charge in [0.1, 0.15) is 0 Å². The van der Waals surface area contributed by atoms with Crippen molar-refractivity contribution < 1.29 is 0 Å². The lowest BCUT2D eigenvalue weighted by molar-refractivity contribution is 1.01. The largest absolute Gasteiger partial charge is 0.344 e. The maximum atomic E-state index is 2.38. The Morgan fingerprint density at radius 2 is 0.583 bits per heavy atom. The van der Waals surface area contributed by atoms with Gasteiger partial charge in [-0.2, -0.15) is 0 Å². The van der Waals surface area contributed by atoms with Gasteiger partial charge in [-0.05, 0) is 84.9 Å². The third-order valence-corrected chi connectivity index (χ3v) is 9.68. The second-order valence-corrected chi connectivity index (χ2v) is 12.4. The van der Waals surface area contributed by atoms with Crippen molar-refractivity contribution in [3.05, 3.63) is 170 Å². The molecule has 9 aromatic rings. The fraction of sp³-hybridized carbons (Fsp3) is 0.0455. The zero-order chi connectivity index (χ0) is 32.2. The number of fused-ring (bicyclic) bond motifs is 6. The predicted octanol–water partition coefficient (Wildman–Crippen LogP) is 11.9. The molecule has 0 aliphatic heterocycles. The van der Waals surface area contributed by atoms with E-state index in [9.17, 15) is 0 Å². The predicted molar refractivity (Wildman–Crippen MR) is 204 cm³/mol. The molecular weight excluding hydrogens is 585 g/mol. The smallest absolute Gasteiger partial charge is 0.0509 e. The Morgan fingerprint density at radius 3 is 0.896 bits per heavy atom. The van der Waals surface area contributed by atoms with E-state index in [-0.39, 0.29) is 0 Å². The van der Waals surface area contributed by atoms with Gasteiger partial charge in [0.05, 0.1) is 11.0 Å². The molecule has 0 atom stereocenters. The Labute approximate surface area is 279 Å². The van der Waals surface area contributed by atoms with Crippen LogP contribution in [0.5, 0.6) is 0 Å². The average Bonchev–Trinajstić information content (AvgIpc) is 3.58. The van der Waals surface area contributed by atoms with Crippen LogP contribution in [-0.2, 0) is 14.1 Å². The number of hydrogen-bond acceptors (Lipinski definition) is 2. The van der Waals surface area contributed by atoms with Crippen LogP contribution in [0.15, 0.2) is 170 Å². The summed E-state index contributed by atoms with van der Waals surface area (Å²) in [4.78, 5) is 4.65. The van der Waals surface area contributed by atoms with E-state index in [0.717, 1.165) is 34.1 Å². The Balaban J connectivity index is 1.20. The van der Waals surface area contributed by atoms with E-state index in [1.165, 1.54) is 43.6 Å². The summed E-state index contributed by atoms with van der Waals surface area (Å²) in [6.45, 7) is 0. The molecule has 0 saturated heterocycles. The van der Waals surface area contributed by atoms with E-state index in [4.69, 9.17) is 0 Å². The first kappa shape index (κ1) is 28.0. The Bertz CT molecular complexity index is 2310. The number of aromatic nitrogens is 2. The summed E-state index contributed by atoms with van der Waals surface area (Å²) in [5.74, 6) is 0. The minimum atomic E-state index is 1.13. The summed E-state index contributed by atoms with van der Waals surface area (Å²) in [6, 6.07) is 60.9. The molecule has 48 heavy (non-hydrogen) atoms. The van der Waals surface area contributed by atoms with Gasteiger partial charge in [-0.1, -0.05) is 84.9 Å². The first-order valence-electron chi connectivity index (χ1n) is 16.4. The van der Waals surface area contributed by atoms with Crippen molar-refractivity contribution >= 4 is 77.7 Å². The lowest BCUT2D eigenvalue weighted by Crippen LogP contribution is -2.09. The molecule has 9 rings (SSSR count). The van der Waals surface area contributed by atoms with E-state index >= 15 is 0 Å². The molecule has 0 bridgehead atoms. The first-order valence-corrected chi connectivity index (χ1v) is 16.4. The van der Waals surface area contributed by atoms with E-state index in [0.29, 0.717) is 0 Å². The molecule has 7 aromatic carbocycles. The number of anilines is 6. The molecule has 0 spiro atoms. The van der Waals surface area contributed by atoms with Gasteiger partial charge in [-0.15, -0.1) is 0 Å². The summed E-state index contributed by atoms with van der Waals surface area (Å²) in [6.07, 6.45) is 0. The molecule has 0 unspecified atom stereocenters. The van der Waals surface area contributed by atoms with Gasteiger partial charge >= 0.3 is 0 Å². The van der Waals surface area contributed by atoms with Gasteiger partial charge in [0.15, 0.2) is 0 Å². The quantitative estimate of drug-likeness (QED) is 0.184. The van der Waals surface area contributed by atoms with Crippen LogP contribution < -0.4 is 9.80 Å². The molecule has 0 saturated carbocycles. The standard InChI is InChI=1S/C44H34N4/c1-45-41-27-35(47(31-15-7-3-8-16-31)32-17-9-4-10-18-32)23-25-37(41)39-30-44-40(29-43(39)45)38-26-24-36(28-42(38)46(44)2)48(33-19-11-5-12-20-33)34-21-13-6-14-22-34/h3-30H,1-2H3. The molecule has 0 N–H and O–H groups in total. The number of nitrogens with zero attached hydrogens (tertiary/aromatic N) is 4. The van der Waals surface area contributed by atoms with E-state index in [1.54, 1.807) is 0 Å². The van der Waals surface area contributed by atoms with Crippen LogP contribution in [0.3, 0.4) is 0 Å². The highest BCUT2D eigenvalue weighted by Crippen LogP contribution is 2.42. The van der Waals surface area contributed by atoms with Crippen LogP contribution in [0.2, 0.25) is 0 Å². The lowest BCUT2D eigenvalue weighted by Gasteiger charge is -2.25. The topological polar surface area (TPSA) is 16.3 Å². The number of hydrogen-bond donors (Lipinski definition) is 0. The summed E-state index contributed by atoms with van der Waals surface area (Å²) < 4.78 is 4.70. The van der Waals surface area contributed by atoms with Crippen LogP contribution in [0, 0.1) is 0 Å². The third-order valence-electron chi connectivity index (χ3n) is 9.68. The Morgan fingerprint density at radius 1 is 0.292 bits per heavy atom. The van der Waals surface area contributed by atoms with Gasteiger partial charge in [-0.3, -0.25) is 0 Å². The van der Waals surface area contributed by atoms with Gasteiger partial charge in [0.2, 0.25) is 0 Å². The zero-order valence-electron chi connectivity index (χ0n) is 27.0. The van der Waals surface area contributed by atoms with Crippen molar-refractivity contribution in [2.75, 3.05) is 9.80 Å². The van der Waals surface area contributed by atoms with Crippen LogP contribution in [-0.4, -0.2) is 9.13 Å². The zero-order valence-corrected chi connectivity index (χ0v) is 27.0. The SMILES string of the molecule is Cn1c2cc(N(c3ccccc3)c3ccccc3)ccc2c2cc3c(cc21)c1ccc(N(c2ccccc2)c2ccccc2)cc1n3C. The van der Waals surface area contributed by atoms with Crippen LogP contribution in [0.25, 0.3) is 43.6 Å². The fourth-order valence-corrected chi connectivity index (χ4v) is 7.35. The second-order valence-electron chi connectivity index (χ2n) is 12.4. The number of para-hydroxylation sites is 4. The molecule has 2 heterocycles. The summed E-state index contributed by atoms with van der Waals surface area (Å²) in [5, 5.41) is 5.03. The Hall–Kier alpha value is -6.26. The van der Waals surface area contributed by atoms with Crippen LogP contribution in [0.1, 0.15) is 0 Å². The maximum absolute atomic E-state index is 2.38. The third kappa shape index (κ3) is 4.45. The van der Waals surface area contributed by atoms with Crippen molar-refractivity contribution in [1.82, 2.24) is 9.13 Å². The number of rotatable bonds is 6. The molecule has 2 aromatic heterocycles. The second kappa shape index (κ2) is 11.2. The minimum Gasteiger partial charge on any atom is -0.344 e. The molecule has 0 radical (unpaired) electrons. The van der Waals surface area contributed by atoms with Crippen molar-refractivity contribution in [1.29, 1.82) is 0 Å². The van der Waals surface area contributed by atoms with E-state index in [1.807, 2.05) is 0 Å². The lowest BCUT2D eigenvalue weighted by atomic mass is 10.1. The van der Waals surface area contributed by atoms with Gasteiger partial charge < -0.3 is 18.9 Å². The highest BCUT2D eigenvalue weighted by atomic mass is 15.1. The van der Waals surface area contributed by atoms with Crippen molar-refractivity contribution in [3.8, 4) is 0 Å². The fourth-order valence-electron chi connectivity index (χ4n) is 7.35. The van der Waals surface area contributed by atoms with Crippen molar-refractivity contribution in [3.63, 3.8) is 0 Å². The highest BCUT2D eigenvalue weighted by molar-refractivity contribution is 6.18. The first-order chi connectivity index (χ1) is 23.7. The molecule has 4 heteroatoms. The molecule has 0 amide bonds. The number of aryl methyl sites for hydroxylation is 2. The molecule has 0 aliphatic rings. The van der Waals surface area contributed by atoms with Gasteiger partial charge in [0.25, 0.3) is 0 Å². The van der Waals surface area contributed by atoms with Crippen molar-refractivity contribution in [2.24, 2.45) is 14.1 Å². The maximum Gasteiger partial charge on any atom is 0.0509 e. The molecular formula is C44H34N4. The van der Waals surface area contributed by atoms with Crippen molar-refractivity contribution in [2.45, 2.75) is 0 Å². The monoisotopic (exact) mass is 618 g/mol. The molecule has 0 fully saturated rings. The summed E-state index contributed by atoms with van der Waals surface area (Å²) in [7, 11) is 4.38. The van der Waals surface area contributed by atoms with Gasteiger partial charge in [-0.25, -0.2) is 0 Å². The van der Waals surface area contributed by atoms with Crippen LogP contribution in [0.4, 0.5) is 34.1 Å². The highest BCUT2D eigenvalue weighted by Gasteiger charge is 2.19. The van der Waals surface area contributed by atoms with E-state index < -0.39 is 0 Å². The molecule has 230 valence electrons. The molecule has 4 nitrogen and oxygen atoms in total. The summed E-state index contributed by atoms with van der Waals surface area (Å²) in [5.41, 5.74) is 11.7. The minimum absolute atomic E-state index is 1.13. The van der Waals surface area contributed by atoms with E-state index in [2.05, 4.69) is 203 Å². The average molecular weight is 619 g/mol. The normalized spacial score (nSPS) is 11.5. The Kier molecular flexibility index (Phi) is 6.54. The summed E-state index contributed by atoms with van der Waals surface area (Å²) >= 11 is 0. The van der Waals surface area contributed by atoms with Gasteiger partial charge in [0, 0.05) is 80.8 Å².